The quantitative estimate of drug-likeness (QED) is 0.290. The Kier molecular flexibility index (Phi) is 5.76. The highest BCUT2D eigenvalue weighted by molar-refractivity contribution is 8.15. The van der Waals surface area contributed by atoms with Gasteiger partial charge in [0.15, 0.2) is 0 Å². The molecule has 0 radical (unpaired) electrons. The molecule has 2 nitrogen and oxygen atoms in total. The molecule has 2 aliphatic heterocycles. The fraction of sp³-hybridized carbons (Fsp3) is 0.214. The summed E-state index contributed by atoms with van der Waals surface area (Å²) in [5.74, 6) is 0. The van der Waals surface area contributed by atoms with Crippen LogP contribution < -0.4 is 19.4 Å². The van der Waals surface area contributed by atoms with Gasteiger partial charge in [-0.3, -0.25) is 9.59 Å². The molecular weight excluding hydrogens is 553 g/mol. The van der Waals surface area contributed by atoms with Crippen molar-refractivity contribution < 1.29 is 9.59 Å². The van der Waals surface area contributed by atoms with Crippen molar-refractivity contribution in [2.45, 2.75) is 49.1 Å². The van der Waals surface area contributed by atoms with Crippen LogP contribution in [0.1, 0.15) is 9.75 Å². The van der Waals surface area contributed by atoms with E-state index in [-0.39, 0.29) is 10.2 Å². The molecule has 0 unspecified atom stereocenters. The highest BCUT2D eigenvalue weighted by Gasteiger charge is 2.31. The Bertz CT molecular complexity index is 1620. The first kappa shape index (κ1) is 24.6. The highest BCUT2D eigenvalue weighted by Crippen LogP contribution is 2.41. The number of hydrogen-bond donors (Lipinski definition) is 0. The average molecular weight is 579 g/mol. The second-order valence-electron chi connectivity index (χ2n) is 11.3. The van der Waals surface area contributed by atoms with Crippen molar-refractivity contribution >= 4 is 103 Å². The van der Waals surface area contributed by atoms with Crippen LogP contribution in [-0.2, 0) is 9.59 Å². The van der Waals surface area contributed by atoms with Gasteiger partial charge in [-0.25, -0.2) is 0 Å². The molecule has 0 saturated carbocycles. The third kappa shape index (κ3) is 3.88. The lowest BCUT2D eigenvalue weighted by Crippen LogP contribution is -2.34. The van der Waals surface area contributed by atoms with Gasteiger partial charge in [-0.1, -0.05) is 75.7 Å². The molecule has 2 aromatic carbocycles. The molecule has 0 fully saturated rings. The van der Waals surface area contributed by atoms with E-state index in [2.05, 4.69) is 87.8 Å². The summed E-state index contributed by atoms with van der Waals surface area (Å²) in [6, 6.07) is 17.1. The van der Waals surface area contributed by atoms with E-state index in [4.69, 9.17) is 0 Å². The minimum absolute atomic E-state index is 0.121. The lowest BCUT2D eigenvalue weighted by Gasteiger charge is -2.12. The molecule has 0 saturated heterocycles. The molecule has 2 aliphatic rings. The molecule has 8 heteroatoms. The summed E-state index contributed by atoms with van der Waals surface area (Å²) in [7, 11) is -2.86. The maximum atomic E-state index is 13.2. The van der Waals surface area contributed by atoms with Gasteiger partial charge in [-0.05, 0) is 55.4 Å². The van der Waals surface area contributed by atoms with E-state index in [1.54, 1.807) is 22.7 Å². The molecule has 6 rings (SSSR count). The van der Waals surface area contributed by atoms with Crippen molar-refractivity contribution in [3.8, 4) is 0 Å². The second kappa shape index (κ2) is 8.41. The molecular formula is C28H26O2S4Si2. The van der Waals surface area contributed by atoms with Gasteiger partial charge in [0, 0.05) is 30.0 Å². The number of hydrogen-bond acceptors (Lipinski definition) is 6. The van der Waals surface area contributed by atoms with Gasteiger partial charge in [0.05, 0.1) is 27.3 Å². The van der Waals surface area contributed by atoms with E-state index in [0.717, 1.165) is 51.9 Å². The van der Waals surface area contributed by atoms with Gasteiger partial charge in [0.25, 0.3) is 0 Å². The van der Waals surface area contributed by atoms with Crippen LogP contribution in [0.3, 0.4) is 0 Å². The van der Waals surface area contributed by atoms with Gasteiger partial charge < -0.3 is 0 Å². The van der Waals surface area contributed by atoms with E-state index >= 15 is 0 Å². The van der Waals surface area contributed by atoms with Crippen LogP contribution in [0.25, 0.3) is 21.9 Å². The largest absolute Gasteiger partial charge is 0.281 e. The lowest BCUT2D eigenvalue weighted by molar-refractivity contribution is -0.106. The minimum Gasteiger partial charge on any atom is -0.281 e. The normalized spacial score (nSPS) is 15.8. The van der Waals surface area contributed by atoms with Gasteiger partial charge in [-0.2, -0.15) is 0 Å². The van der Waals surface area contributed by atoms with E-state index < -0.39 is 16.1 Å². The van der Waals surface area contributed by atoms with Crippen molar-refractivity contribution in [2.75, 3.05) is 0 Å². The van der Waals surface area contributed by atoms with Crippen LogP contribution in [0.2, 0.25) is 39.3 Å². The van der Waals surface area contributed by atoms with Crippen molar-refractivity contribution in [3.63, 3.8) is 0 Å². The Morgan fingerprint density at radius 1 is 0.528 bits per heavy atom. The summed E-state index contributed by atoms with van der Waals surface area (Å²) >= 11 is 6.22. The van der Waals surface area contributed by atoms with Crippen LogP contribution in [-0.4, -0.2) is 26.4 Å². The highest BCUT2D eigenvalue weighted by atomic mass is 32.2. The first-order chi connectivity index (χ1) is 16.9. The van der Waals surface area contributed by atoms with E-state index in [0.29, 0.717) is 0 Å². The lowest BCUT2D eigenvalue weighted by atomic mass is 10.0. The SMILES string of the molecule is C[Si](C)(C)c1ccc(C2=c3ccc4c5c(ccc4c3SC2=O)=C(c2ccc([Si](C)(C)C)s2)C(=O)S5)s1. The number of fused-ring (bicyclic) bond motifs is 5. The predicted octanol–water partition coefficient (Wildman–Crippen LogP) is 5.72. The fourth-order valence-electron chi connectivity index (χ4n) is 4.69. The Morgan fingerprint density at radius 3 is 1.25 bits per heavy atom. The van der Waals surface area contributed by atoms with Crippen molar-refractivity contribution in [3.05, 3.63) is 68.7 Å². The Labute approximate surface area is 229 Å². The molecule has 36 heavy (non-hydrogen) atoms. The van der Waals surface area contributed by atoms with E-state index in [1.807, 2.05) is 0 Å². The molecule has 0 bridgehead atoms. The summed E-state index contributed by atoms with van der Waals surface area (Å²) in [6.45, 7) is 14.0. The summed E-state index contributed by atoms with van der Waals surface area (Å²) in [4.78, 5) is 30.6. The minimum atomic E-state index is -1.43. The Morgan fingerprint density at radius 2 is 0.917 bits per heavy atom. The summed E-state index contributed by atoms with van der Waals surface area (Å²) in [5, 5.41) is 4.43. The molecule has 0 atom stereocenters. The van der Waals surface area contributed by atoms with Gasteiger partial charge >= 0.3 is 0 Å². The molecule has 2 aromatic heterocycles. The van der Waals surface area contributed by atoms with Crippen molar-refractivity contribution in [1.29, 1.82) is 0 Å². The summed E-state index contributed by atoms with van der Waals surface area (Å²) in [5.41, 5.74) is 1.67. The van der Waals surface area contributed by atoms with Crippen LogP contribution in [0.15, 0.2) is 58.3 Å². The predicted molar refractivity (Wildman–Crippen MR) is 165 cm³/mol. The fourth-order valence-corrected chi connectivity index (χ4v) is 12.9. The van der Waals surface area contributed by atoms with Crippen molar-refractivity contribution in [1.82, 2.24) is 0 Å². The molecule has 0 aliphatic carbocycles. The number of thioether (sulfide) groups is 2. The van der Waals surface area contributed by atoms with E-state index in [1.165, 1.54) is 32.5 Å². The van der Waals surface area contributed by atoms with Crippen molar-refractivity contribution in [2.24, 2.45) is 0 Å². The molecule has 4 aromatic rings. The second-order valence-corrected chi connectivity index (χ2v) is 26.3. The first-order valence-electron chi connectivity index (χ1n) is 11.9. The monoisotopic (exact) mass is 578 g/mol. The molecule has 0 amide bonds. The molecule has 0 spiro atoms. The van der Waals surface area contributed by atoms with E-state index in [9.17, 15) is 9.59 Å². The number of carbonyl (C=O) groups is 2. The molecule has 4 heterocycles. The number of thiophene rings is 2. The van der Waals surface area contributed by atoms with Crippen LogP contribution in [0.5, 0.6) is 0 Å². The zero-order valence-corrected chi connectivity index (χ0v) is 26.3. The maximum absolute atomic E-state index is 13.2. The third-order valence-corrected chi connectivity index (χ3v) is 18.1. The van der Waals surface area contributed by atoms with Gasteiger partial charge in [-0.15, -0.1) is 22.7 Å². The Balaban J connectivity index is 1.54. The number of rotatable bonds is 4. The zero-order valence-electron chi connectivity index (χ0n) is 21.1. The molecule has 0 N–H and O–H groups in total. The average Bonchev–Trinajstić information content (AvgIpc) is 3.55. The number of carbonyl (C=O) groups excluding carboxylic acids is 2. The number of benzene rings is 2. The van der Waals surface area contributed by atoms with Crippen LogP contribution >= 0.6 is 46.2 Å². The van der Waals surface area contributed by atoms with Gasteiger partial charge in [0.2, 0.25) is 10.2 Å². The zero-order chi connectivity index (χ0) is 25.6. The Hall–Kier alpha value is -1.69. The summed E-state index contributed by atoms with van der Waals surface area (Å²) in [6.07, 6.45) is 0. The topological polar surface area (TPSA) is 34.1 Å². The maximum Gasteiger partial charge on any atom is 0.226 e. The summed E-state index contributed by atoms with van der Waals surface area (Å²) < 4.78 is 2.83. The van der Waals surface area contributed by atoms with Crippen LogP contribution in [0, 0.1) is 0 Å². The molecule has 182 valence electrons. The third-order valence-electron chi connectivity index (χ3n) is 6.62. The first-order valence-corrected chi connectivity index (χ1v) is 22.2. The standard InChI is InChI=1S/C28H26O2S4Si2/c1-35(2,3)21-13-11-19(31-21)23-17-9-7-16-15(25(17)33-27(23)29)8-10-18-24(28(30)34-26(16)18)20-12-14-22(32-20)36(4,5)6/h7-14H,1-6H3. The smallest absolute Gasteiger partial charge is 0.226 e. The van der Waals surface area contributed by atoms with Gasteiger partial charge in [0.1, 0.15) is 0 Å². The van der Waals surface area contributed by atoms with Crippen LogP contribution in [0.4, 0.5) is 0 Å².